The van der Waals surface area contributed by atoms with E-state index >= 15 is 0 Å². The highest BCUT2D eigenvalue weighted by Crippen LogP contribution is 2.21. The maximum absolute atomic E-state index is 10.7. The van der Waals surface area contributed by atoms with E-state index in [2.05, 4.69) is 30.6 Å². The molecule has 2 aromatic rings. The van der Waals surface area contributed by atoms with E-state index in [0.29, 0.717) is 23.4 Å². The van der Waals surface area contributed by atoms with Crippen LogP contribution in [0.1, 0.15) is 31.2 Å². The number of hydrogen-bond acceptors (Lipinski definition) is 5. The Labute approximate surface area is 145 Å². The largest absolute Gasteiger partial charge is 0.486 e. The quantitative estimate of drug-likeness (QED) is 0.554. The molecular formula is C17H21N3O3S. The van der Waals surface area contributed by atoms with Crippen molar-refractivity contribution in [1.29, 1.82) is 0 Å². The minimum Gasteiger partial charge on any atom is -0.486 e. The maximum atomic E-state index is 10.7. The van der Waals surface area contributed by atoms with Gasteiger partial charge >= 0.3 is 5.97 Å². The molecule has 0 aliphatic heterocycles. The molecule has 0 bridgehead atoms. The summed E-state index contributed by atoms with van der Waals surface area (Å²) in [5, 5.41) is 17.5. The van der Waals surface area contributed by atoms with Crippen LogP contribution in [0.15, 0.2) is 42.1 Å². The lowest BCUT2D eigenvalue weighted by atomic mass is 10.0. The van der Waals surface area contributed by atoms with Gasteiger partial charge in [-0.1, -0.05) is 43.8 Å². The Hall–Kier alpha value is -2.28. The number of benzene rings is 1. The highest BCUT2D eigenvalue weighted by atomic mass is 32.2. The first kappa shape index (κ1) is 18.1. The zero-order valence-electron chi connectivity index (χ0n) is 13.8. The van der Waals surface area contributed by atoms with Crippen molar-refractivity contribution < 1.29 is 14.6 Å². The van der Waals surface area contributed by atoms with Gasteiger partial charge in [-0.2, -0.15) is 0 Å². The Balaban J connectivity index is 2.05. The lowest BCUT2D eigenvalue weighted by Crippen LogP contribution is -2.08. The second kappa shape index (κ2) is 8.54. The fourth-order valence-corrected chi connectivity index (χ4v) is 2.76. The highest BCUT2D eigenvalue weighted by molar-refractivity contribution is 7.99. The third-order valence-corrected chi connectivity index (χ3v) is 4.30. The SMILES string of the molecule is C=CCn1c(COc2ccc(C(C)C)cc2)nnc1SCC(=O)O. The van der Waals surface area contributed by atoms with E-state index in [9.17, 15) is 4.79 Å². The molecule has 1 aromatic heterocycles. The van der Waals surface area contributed by atoms with Crippen LogP contribution in [0.5, 0.6) is 5.75 Å². The van der Waals surface area contributed by atoms with Crippen molar-refractivity contribution in [3.8, 4) is 5.75 Å². The van der Waals surface area contributed by atoms with Crippen molar-refractivity contribution in [1.82, 2.24) is 14.8 Å². The van der Waals surface area contributed by atoms with Gasteiger partial charge in [-0.25, -0.2) is 0 Å². The molecule has 0 fully saturated rings. The monoisotopic (exact) mass is 347 g/mol. The van der Waals surface area contributed by atoms with Crippen LogP contribution in [0, 0.1) is 0 Å². The molecule has 1 heterocycles. The van der Waals surface area contributed by atoms with Crippen molar-refractivity contribution in [2.45, 2.75) is 38.1 Å². The van der Waals surface area contributed by atoms with E-state index in [1.54, 1.807) is 6.08 Å². The van der Waals surface area contributed by atoms with Gasteiger partial charge in [0, 0.05) is 6.54 Å². The molecule has 0 amide bonds. The van der Waals surface area contributed by atoms with Crippen LogP contribution < -0.4 is 4.74 Å². The molecule has 0 aliphatic carbocycles. The minimum atomic E-state index is -0.892. The van der Waals surface area contributed by atoms with E-state index in [4.69, 9.17) is 9.84 Å². The number of nitrogens with zero attached hydrogens (tertiary/aromatic N) is 3. The normalized spacial score (nSPS) is 10.8. The molecule has 0 atom stereocenters. The van der Waals surface area contributed by atoms with Gasteiger partial charge in [-0.3, -0.25) is 9.36 Å². The summed E-state index contributed by atoms with van der Waals surface area (Å²) in [5.74, 6) is 0.912. The number of rotatable bonds is 9. The maximum Gasteiger partial charge on any atom is 0.313 e. The number of hydrogen-bond donors (Lipinski definition) is 1. The number of carboxylic acid groups (broad SMARTS) is 1. The van der Waals surface area contributed by atoms with Gasteiger partial charge in [0.1, 0.15) is 12.4 Å². The lowest BCUT2D eigenvalue weighted by Gasteiger charge is -2.10. The standard InChI is InChI=1S/C17H21N3O3S/c1-4-9-20-15(18-19-17(20)24-11-16(21)22)10-23-14-7-5-13(6-8-14)12(2)3/h4-8,12H,1,9-11H2,2-3H3,(H,21,22). The van der Waals surface area contributed by atoms with Crippen LogP contribution in [0.3, 0.4) is 0 Å². The van der Waals surface area contributed by atoms with Crippen molar-refractivity contribution in [3.05, 3.63) is 48.3 Å². The molecule has 0 radical (unpaired) electrons. The summed E-state index contributed by atoms with van der Waals surface area (Å²) < 4.78 is 7.58. The highest BCUT2D eigenvalue weighted by Gasteiger charge is 2.13. The third kappa shape index (κ3) is 4.86. The Morgan fingerprint density at radius 2 is 2.08 bits per heavy atom. The smallest absolute Gasteiger partial charge is 0.313 e. The summed E-state index contributed by atoms with van der Waals surface area (Å²) in [6.07, 6.45) is 1.72. The van der Waals surface area contributed by atoms with Crippen LogP contribution in [0.4, 0.5) is 0 Å². The lowest BCUT2D eigenvalue weighted by molar-refractivity contribution is -0.133. The van der Waals surface area contributed by atoms with Gasteiger partial charge in [0.25, 0.3) is 0 Å². The summed E-state index contributed by atoms with van der Waals surface area (Å²) in [6, 6.07) is 7.96. The van der Waals surface area contributed by atoms with Crippen LogP contribution >= 0.6 is 11.8 Å². The van der Waals surface area contributed by atoms with Crippen molar-refractivity contribution in [3.63, 3.8) is 0 Å². The van der Waals surface area contributed by atoms with E-state index in [1.807, 2.05) is 28.8 Å². The predicted octanol–water partition coefficient (Wildman–Crippen LogP) is 3.34. The van der Waals surface area contributed by atoms with Gasteiger partial charge in [0.15, 0.2) is 11.0 Å². The Kier molecular flexibility index (Phi) is 6.43. The average molecular weight is 347 g/mol. The van der Waals surface area contributed by atoms with Crippen molar-refractivity contribution >= 4 is 17.7 Å². The molecule has 0 aliphatic rings. The number of carbonyl (C=O) groups is 1. The molecule has 0 saturated carbocycles. The molecule has 2 rings (SSSR count). The summed E-state index contributed by atoms with van der Waals surface area (Å²) in [7, 11) is 0. The van der Waals surface area contributed by atoms with Gasteiger partial charge < -0.3 is 9.84 Å². The van der Waals surface area contributed by atoms with Crippen LogP contribution in [-0.2, 0) is 17.9 Å². The van der Waals surface area contributed by atoms with E-state index in [-0.39, 0.29) is 12.4 Å². The summed E-state index contributed by atoms with van der Waals surface area (Å²) >= 11 is 1.13. The number of thioether (sulfide) groups is 1. The van der Waals surface area contributed by atoms with E-state index in [1.165, 1.54) is 5.56 Å². The molecule has 0 saturated heterocycles. The van der Waals surface area contributed by atoms with Crippen molar-refractivity contribution in [2.24, 2.45) is 0 Å². The van der Waals surface area contributed by atoms with Crippen LogP contribution in [0.2, 0.25) is 0 Å². The number of aromatic nitrogens is 3. The second-order valence-corrected chi connectivity index (χ2v) is 6.44. The Morgan fingerprint density at radius 1 is 1.38 bits per heavy atom. The molecule has 128 valence electrons. The number of aliphatic carboxylic acids is 1. The van der Waals surface area contributed by atoms with E-state index < -0.39 is 5.97 Å². The second-order valence-electron chi connectivity index (χ2n) is 5.49. The zero-order valence-corrected chi connectivity index (χ0v) is 14.6. The molecule has 0 unspecified atom stereocenters. The summed E-state index contributed by atoms with van der Waals surface area (Å²) in [5.41, 5.74) is 1.25. The number of allylic oxidation sites excluding steroid dienone is 1. The van der Waals surface area contributed by atoms with Crippen LogP contribution in [0.25, 0.3) is 0 Å². The van der Waals surface area contributed by atoms with Crippen LogP contribution in [-0.4, -0.2) is 31.6 Å². The van der Waals surface area contributed by atoms with Crippen molar-refractivity contribution in [2.75, 3.05) is 5.75 Å². The molecule has 1 N–H and O–H groups in total. The molecule has 1 aromatic carbocycles. The first-order valence-corrected chi connectivity index (χ1v) is 8.60. The fourth-order valence-electron chi connectivity index (χ4n) is 2.07. The summed E-state index contributed by atoms with van der Waals surface area (Å²) in [4.78, 5) is 10.7. The minimum absolute atomic E-state index is 0.0627. The topological polar surface area (TPSA) is 77.2 Å². The van der Waals surface area contributed by atoms with Gasteiger partial charge in [0.05, 0.1) is 5.75 Å². The number of carboxylic acids is 1. The molecule has 24 heavy (non-hydrogen) atoms. The van der Waals surface area contributed by atoms with Gasteiger partial charge in [-0.05, 0) is 23.6 Å². The number of ether oxygens (including phenoxy) is 1. The molecule has 6 nitrogen and oxygen atoms in total. The van der Waals surface area contributed by atoms with Gasteiger partial charge in [-0.15, -0.1) is 16.8 Å². The van der Waals surface area contributed by atoms with E-state index in [0.717, 1.165) is 17.5 Å². The first-order valence-electron chi connectivity index (χ1n) is 7.61. The molecular weight excluding hydrogens is 326 g/mol. The molecule has 0 spiro atoms. The third-order valence-electron chi connectivity index (χ3n) is 3.34. The Bertz CT molecular complexity index is 696. The Morgan fingerprint density at radius 3 is 2.67 bits per heavy atom. The van der Waals surface area contributed by atoms with Gasteiger partial charge in [0.2, 0.25) is 0 Å². The fraction of sp³-hybridized carbons (Fsp3) is 0.353. The zero-order chi connectivity index (χ0) is 17.5. The first-order chi connectivity index (χ1) is 11.5. The molecule has 7 heteroatoms. The summed E-state index contributed by atoms with van der Waals surface area (Å²) in [6.45, 7) is 8.76. The predicted molar refractivity (Wildman–Crippen MR) is 93.4 cm³/mol. The average Bonchev–Trinajstić information content (AvgIpc) is 2.94.